The van der Waals surface area contributed by atoms with Crippen molar-refractivity contribution in [2.45, 2.75) is 38.5 Å². The highest BCUT2D eigenvalue weighted by Crippen LogP contribution is 2.49. The molecule has 1 aromatic carbocycles. The molecule has 0 aromatic heterocycles. The number of thioether (sulfide) groups is 1. The van der Waals surface area contributed by atoms with Crippen molar-refractivity contribution in [2.24, 2.45) is 17.8 Å². The number of rotatable bonds is 8. The van der Waals surface area contributed by atoms with Gasteiger partial charge in [0.25, 0.3) is 0 Å². The van der Waals surface area contributed by atoms with E-state index in [1.807, 2.05) is 18.2 Å². The van der Waals surface area contributed by atoms with Crippen LogP contribution in [0.15, 0.2) is 47.2 Å². The molecule has 2 fully saturated rings. The lowest BCUT2D eigenvalue weighted by Gasteiger charge is -2.34. The van der Waals surface area contributed by atoms with E-state index < -0.39 is 6.16 Å². The third-order valence-electron chi connectivity index (χ3n) is 6.39. The van der Waals surface area contributed by atoms with Gasteiger partial charge in [-0.05, 0) is 79.4 Å². The monoisotopic (exact) mass is 417 g/mol. The van der Waals surface area contributed by atoms with Crippen LogP contribution in [0.2, 0.25) is 0 Å². The Labute approximate surface area is 175 Å². The summed E-state index contributed by atoms with van der Waals surface area (Å²) in [7, 11) is 0. The maximum Gasteiger partial charge on any atom is 0.511 e. The molecular formula is C23H28FNO3S. The van der Waals surface area contributed by atoms with Gasteiger partial charge in [-0.15, -0.1) is 11.8 Å². The predicted octanol–water partition coefficient (Wildman–Crippen LogP) is 5.66. The first-order valence-electron chi connectivity index (χ1n) is 10.5. The summed E-state index contributed by atoms with van der Waals surface area (Å²) in [5, 5.41) is 10.1. The summed E-state index contributed by atoms with van der Waals surface area (Å²) in [6, 6.07) is 6.63. The predicted molar refractivity (Wildman–Crippen MR) is 113 cm³/mol. The van der Waals surface area contributed by atoms with Crippen molar-refractivity contribution in [1.82, 2.24) is 4.90 Å². The summed E-state index contributed by atoms with van der Waals surface area (Å²) in [5.41, 5.74) is 1.12. The molecular weight excluding hydrogens is 389 g/mol. The third-order valence-corrected chi connectivity index (χ3v) is 7.62. The fourth-order valence-electron chi connectivity index (χ4n) is 5.07. The van der Waals surface area contributed by atoms with Crippen LogP contribution in [-0.2, 0) is 11.2 Å². The molecule has 3 unspecified atom stereocenters. The van der Waals surface area contributed by atoms with Crippen LogP contribution in [0.25, 0.3) is 0 Å². The molecule has 1 aliphatic heterocycles. The quantitative estimate of drug-likeness (QED) is 0.437. The average molecular weight is 418 g/mol. The number of carbonyl (C=O) groups is 1. The number of nitrogens with zero attached hydrogens (tertiary/aromatic N) is 1. The van der Waals surface area contributed by atoms with Gasteiger partial charge in [0.15, 0.2) is 5.76 Å². The Kier molecular flexibility index (Phi) is 6.48. The Morgan fingerprint density at radius 2 is 2.07 bits per heavy atom. The lowest BCUT2D eigenvalue weighted by Crippen LogP contribution is -2.33. The van der Waals surface area contributed by atoms with Crippen LogP contribution in [0.4, 0.5) is 9.18 Å². The fourth-order valence-corrected chi connectivity index (χ4v) is 6.13. The van der Waals surface area contributed by atoms with Crippen LogP contribution in [0.1, 0.15) is 37.7 Å². The number of fused-ring (bicyclic) bond motifs is 2. The van der Waals surface area contributed by atoms with E-state index in [9.17, 15) is 9.18 Å². The van der Waals surface area contributed by atoms with Crippen molar-refractivity contribution in [3.63, 3.8) is 0 Å². The Balaban J connectivity index is 1.38. The first kappa shape index (κ1) is 20.3. The zero-order chi connectivity index (χ0) is 20.2. The van der Waals surface area contributed by atoms with E-state index in [2.05, 4.69) is 4.90 Å². The van der Waals surface area contributed by atoms with E-state index in [1.54, 1.807) is 17.8 Å². The van der Waals surface area contributed by atoms with Crippen LogP contribution in [0.3, 0.4) is 0 Å². The summed E-state index contributed by atoms with van der Waals surface area (Å²) >= 11 is 1.67. The highest BCUT2D eigenvalue weighted by Gasteiger charge is 2.40. The lowest BCUT2D eigenvalue weighted by atomic mass is 9.88. The van der Waals surface area contributed by atoms with E-state index >= 15 is 0 Å². The smallest absolute Gasteiger partial charge is 0.449 e. The van der Waals surface area contributed by atoms with E-state index in [1.165, 1.54) is 37.8 Å². The summed E-state index contributed by atoms with van der Waals surface area (Å²) in [6.45, 7) is 1.79. The van der Waals surface area contributed by atoms with E-state index in [0.717, 1.165) is 54.1 Å². The van der Waals surface area contributed by atoms with E-state index in [-0.39, 0.29) is 5.82 Å². The summed E-state index contributed by atoms with van der Waals surface area (Å²) in [4.78, 5) is 13.5. The molecule has 2 saturated carbocycles. The fraction of sp³-hybridized carbons (Fsp3) is 0.522. The zero-order valence-corrected chi connectivity index (χ0v) is 17.4. The van der Waals surface area contributed by atoms with Gasteiger partial charge in [0, 0.05) is 13.1 Å². The van der Waals surface area contributed by atoms with Gasteiger partial charge in [0.1, 0.15) is 10.8 Å². The second kappa shape index (κ2) is 9.24. The van der Waals surface area contributed by atoms with Gasteiger partial charge in [-0.2, -0.15) is 0 Å². The normalized spacial score (nSPS) is 25.7. The number of hydrogen-bond donors (Lipinski definition) is 1. The minimum absolute atomic E-state index is 0.214. The highest BCUT2D eigenvalue weighted by atomic mass is 32.2. The number of benzene rings is 1. The molecule has 4 nitrogen and oxygen atoms in total. The minimum atomic E-state index is -1.27. The number of ether oxygens (including phenoxy) is 1. The molecule has 29 heavy (non-hydrogen) atoms. The Hall–Kier alpha value is -1.95. The van der Waals surface area contributed by atoms with Crippen LogP contribution in [0, 0.1) is 23.6 Å². The minimum Gasteiger partial charge on any atom is -0.449 e. The van der Waals surface area contributed by atoms with Gasteiger partial charge >= 0.3 is 6.16 Å². The van der Waals surface area contributed by atoms with Gasteiger partial charge in [-0.3, -0.25) is 0 Å². The van der Waals surface area contributed by atoms with Crippen molar-refractivity contribution >= 4 is 17.9 Å². The summed E-state index contributed by atoms with van der Waals surface area (Å²) in [6.07, 6.45) is 9.73. The Bertz CT molecular complexity index is 792. The molecule has 0 spiro atoms. The van der Waals surface area contributed by atoms with Crippen LogP contribution in [0.5, 0.6) is 0 Å². The Morgan fingerprint density at radius 3 is 2.76 bits per heavy atom. The standard InChI is InChI=1S/C23H28FNO3S/c24-20-9-6-16(7-10-20)3-2-12-29-22-21(28-23(26)27)4-1-11-25(22)15-19-14-17-5-8-18(19)13-17/h1,4,6-7,9-10,17-19H,2-3,5,8,11-15H2,(H,26,27). The number of allylic oxidation sites excluding steroid dienone is 1. The summed E-state index contributed by atoms with van der Waals surface area (Å²) in [5.74, 6) is 3.53. The SMILES string of the molecule is O=C(O)OC1=C(SCCCc2ccc(F)cc2)N(CC2CC3CCC2C3)CC=C1. The van der Waals surface area contributed by atoms with Crippen molar-refractivity contribution in [1.29, 1.82) is 0 Å². The molecule has 3 atom stereocenters. The van der Waals surface area contributed by atoms with Gasteiger partial charge in [0.05, 0.1) is 0 Å². The maximum atomic E-state index is 13.0. The zero-order valence-electron chi connectivity index (χ0n) is 16.6. The molecule has 0 amide bonds. The molecule has 0 radical (unpaired) electrons. The Morgan fingerprint density at radius 1 is 1.24 bits per heavy atom. The molecule has 2 aliphatic carbocycles. The van der Waals surface area contributed by atoms with Crippen LogP contribution in [-0.4, -0.2) is 35.0 Å². The molecule has 0 saturated heterocycles. The topological polar surface area (TPSA) is 49.8 Å². The number of aryl methyl sites for hydroxylation is 1. The molecule has 4 rings (SSSR count). The third kappa shape index (κ3) is 5.16. The molecule has 1 aromatic rings. The molecule has 2 bridgehead atoms. The summed E-state index contributed by atoms with van der Waals surface area (Å²) < 4.78 is 18.1. The maximum absolute atomic E-state index is 13.0. The van der Waals surface area contributed by atoms with Crippen molar-refractivity contribution in [2.75, 3.05) is 18.8 Å². The van der Waals surface area contributed by atoms with Gasteiger partial charge in [-0.1, -0.05) is 24.6 Å². The van der Waals surface area contributed by atoms with Crippen molar-refractivity contribution in [3.05, 3.63) is 58.6 Å². The largest absolute Gasteiger partial charge is 0.511 e. The first-order valence-corrected chi connectivity index (χ1v) is 11.5. The van der Waals surface area contributed by atoms with Gasteiger partial charge in [-0.25, -0.2) is 9.18 Å². The van der Waals surface area contributed by atoms with Crippen molar-refractivity contribution in [3.8, 4) is 0 Å². The lowest BCUT2D eigenvalue weighted by molar-refractivity contribution is 0.118. The van der Waals surface area contributed by atoms with Gasteiger partial charge in [0.2, 0.25) is 0 Å². The van der Waals surface area contributed by atoms with Crippen LogP contribution < -0.4 is 0 Å². The molecule has 3 aliphatic rings. The van der Waals surface area contributed by atoms with Crippen molar-refractivity contribution < 1.29 is 19.0 Å². The molecule has 6 heteroatoms. The first-order chi connectivity index (χ1) is 14.1. The second-order valence-electron chi connectivity index (χ2n) is 8.36. The highest BCUT2D eigenvalue weighted by molar-refractivity contribution is 8.03. The number of halogens is 1. The number of hydrogen-bond acceptors (Lipinski definition) is 4. The second-order valence-corrected chi connectivity index (χ2v) is 9.44. The molecule has 1 N–H and O–H groups in total. The average Bonchev–Trinajstić information content (AvgIpc) is 3.31. The number of carboxylic acid groups (broad SMARTS) is 1. The van der Waals surface area contributed by atoms with E-state index in [4.69, 9.17) is 9.84 Å². The molecule has 1 heterocycles. The van der Waals surface area contributed by atoms with E-state index in [0.29, 0.717) is 11.7 Å². The molecule has 156 valence electrons. The van der Waals surface area contributed by atoms with Crippen LogP contribution >= 0.6 is 11.8 Å². The van der Waals surface area contributed by atoms with Gasteiger partial charge < -0.3 is 14.7 Å².